The lowest BCUT2D eigenvalue weighted by Gasteiger charge is -2.24. The lowest BCUT2D eigenvalue weighted by atomic mass is 10.1. The van der Waals surface area contributed by atoms with E-state index in [-0.39, 0.29) is 12.1 Å². The second kappa shape index (κ2) is 5.44. The minimum atomic E-state index is 0.0699. The van der Waals surface area contributed by atoms with Crippen LogP contribution in [0.3, 0.4) is 0 Å². The van der Waals surface area contributed by atoms with E-state index in [2.05, 4.69) is 25.4 Å². The van der Waals surface area contributed by atoms with Crippen LogP contribution in [-0.4, -0.2) is 36.9 Å². The normalized spacial score (nSPS) is 17.9. The molecule has 1 atom stereocenters. The molecule has 1 aliphatic rings. The van der Waals surface area contributed by atoms with Crippen LogP contribution >= 0.6 is 0 Å². The molecule has 3 heterocycles. The highest BCUT2D eigenvalue weighted by Gasteiger charge is 2.21. The predicted molar refractivity (Wildman–Crippen MR) is 73.5 cm³/mol. The van der Waals surface area contributed by atoms with Crippen molar-refractivity contribution in [3.05, 3.63) is 24.5 Å². The van der Waals surface area contributed by atoms with E-state index in [0.29, 0.717) is 11.7 Å². The number of nitrogens with one attached hydrogen (secondary N) is 1. The van der Waals surface area contributed by atoms with Crippen molar-refractivity contribution >= 4 is 5.82 Å². The van der Waals surface area contributed by atoms with Gasteiger partial charge in [-0.15, -0.1) is 0 Å². The van der Waals surface area contributed by atoms with Crippen molar-refractivity contribution in [2.75, 3.05) is 5.32 Å². The Bertz CT molecular complexity index is 582. The third-order valence-electron chi connectivity index (χ3n) is 3.16. The summed E-state index contributed by atoms with van der Waals surface area (Å²) in [5.74, 6) is 2.28. The maximum absolute atomic E-state index is 5.67. The van der Waals surface area contributed by atoms with Crippen molar-refractivity contribution in [3.63, 3.8) is 0 Å². The lowest BCUT2D eigenvalue weighted by Crippen LogP contribution is -2.32. The molecule has 20 heavy (non-hydrogen) atoms. The third-order valence-corrected chi connectivity index (χ3v) is 3.16. The predicted octanol–water partition coefficient (Wildman–Crippen LogP) is 1.28. The SMILES string of the molecule is CC(C)Oc1nccnc1NC1CCc2ncnn2C1. The highest BCUT2D eigenvalue weighted by molar-refractivity contribution is 5.45. The van der Waals surface area contributed by atoms with E-state index in [9.17, 15) is 0 Å². The van der Waals surface area contributed by atoms with Crippen molar-refractivity contribution in [1.29, 1.82) is 0 Å². The number of nitrogens with zero attached hydrogens (tertiary/aromatic N) is 5. The first kappa shape index (κ1) is 12.8. The first-order chi connectivity index (χ1) is 9.72. The first-order valence-corrected chi connectivity index (χ1v) is 6.83. The molecule has 0 saturated heterocycles. The Morgan fingerprint density at radius 1 is 1.30 bits per heavy atom. The van der Waals surface area contributed by atoms with Crippen LogP contribution < -0.4 is 10.1 Å². The number of aryl methyl sites for hydroxylation is 1. The van der Waals surface area contributed by atoms with Gasteiger partial charge in [-0.25, -0.2) is 19.6 Å². The monoisotopic (exact) mass is 274 g/mol. The van der Waals surface area contributed by atoms with Gasteiger partial charge in [0.05, 0.1) is 12.6 Å². The van der Waals surface area contributed by atoms with Crippen molar-refractivity contribution in [1.82, 2.24) is 24.7 Å². The highest BCUT2D eigenvalue weighted by Crippen LogP contribution is 2.22. The molecule has 3 rings (SSSR count). The van der Waals surface area contributed by atoms with Gasteiger partial charge in [0.2, 0.25) is 0 Å². The minimum Gasteiger partial charge on any atom is -0.472 e. The van der Waals surface area contributed by atoms with Gasteiger partial charge in [0.25, 0.3) is 5.88 Å². The maximum Gasteiger partial charge on any atom is 0.257 e. The van der Waals surface area contributed by atoms with E-state index in [1.807, 2.05) is 18.5 Å². The maximum atomic E-state index is 5.67. The van der Waals surface area contributed by atoms with E-state index in [1.54, 1.807) is 18.7 Å². The van der Waals surface area contributed by atoms with Gasteiger partial charge < -0.3 is 10.1 Å². The molecular formula is C13H18N6O. The largest absolute Gasteiger partial charge is 0.472 e. The second-order valence-electron chi connectivity index (χ2n) is 5.12. The molecular weight excluding hydrogens is 256 g/mol. The molecule has 0 radical (unpaired) electrons. The molecule has 0 bridgehead atoms. The number of hydrogen-bond donors (Lipinski definition) is 1. The molecule has 0 fully saturated rings. The van der Waals surface area contributed by atoms with Crippen LogP contribution in [0.1, 0.15) is 26.1 Å². The number of anilines is 1. The summed E-state index contributed by atoms with van der Waals surface area (Å²) in [6, 6.07) is 0.260. The molecule has 1 aliphatic heterocycles. The summed E-state index contributed by atoms with van der Waals surface area (Å²) in [4.78, 5) is 12.8. The van der Waals surface area contributed by atoms with Crippen LogP contribution in [-0.2, 0) is 13.0 Å². The minimum absolute atomic E-state index is 0.0699. The molecule has 7 nitrogen and oxygen atoms in total. The molecule has 7 heteroatoms. The van der Waals surface area contributed by atoms with Gasteiger partial charge in [-0.3, -0.25) is 0 Å². The smallest absolute Gasteiger partial charge is 0.257 e. The van der Waals surface area contributed by atoms with Crippen molar-refractivity contribution in [2.24, 2.45) is 0 Å². The molecule has 0 spiro atoms. The molecule has 106 valence electrons. The summed E-state index contributed by atoms with van der Waals surface area (Å²) >= 11 is 0. The average molecular weight is 274 g/mol. The van der Waals surface area contributed by atoms with E-state index >= 15 is 0 Å². The quantitative estimate of drug-likeness (QED) is 0.905. The Morgan fingerprint density at radius 2 is 2.15 bits per heavy atom. The lowest BCUT2D eigenvalue weighted by molar-refractivity contribution is 0.232. The second-order valence-corrected chi connectivity index (χ2v) is 5.12. The van der Waals surface area contributed by atoms with Gasteiger partial charge in [0, 0.05) is 24.9 Å². The standard InChI is InChI=1S/C13H18N6O/c1-9(2)20-13-12(14-5-6-15-13)18-10-3-4-11-16-8-17-19(11)7-10/h5-6,8-10H,3-4,7H2,1-2H3,(H,14,18). The summed E-state index contributed by atoms with van der Waals surface area (Å²) in [6.07, 6.45) is 6.89. The topological polar surface area (TPSA) is 77.8 Å². The van der Waals surface area contributed by atoms with Crippen molar-refractivity contribution in [2.45, 2.75) is 45.4 Å². The van der Waals surface area contributed by atoms with Gasteiger partial charge in [0.1, 0.15) is 12.2 Å². The number of ether oxygens (including phenoxy) is 1. The fourth-order valence-corrected chi connectivity index (χ4v) is 2.28. The van der Waals surface area contributed by atoms with Crippen LogP contribution in [0.15, 0.2) is 18.7 Å². The Kier molecular flexibility index (Phi) is 3.49. The first-order valence-electron chi connectivity index (χ1n) is 6.83. The van der Waals surface area contributed by atoms with Crippen LogP contribution in [0, 0.1) is 0 Å². The molecule has 0 aromatic carbocycles. The molecule has 0 amide bonds. The summed E-state index contributed by atoms with van der Waals surface area (Å²) in [5.41, 5.74) is 0. The summed E-state index contributed by atoms with van der Waals surface area (Å²) in [6.45, 7) is 4.73. The Hall–Kier alpha value is -2.18. The van der Waals surface area contributed by atoms with Crippen LogP contribution in [0.25, 0.3) is 0 Å². The fourth-order valence-electron chi connectivity index (χ4n) is 2.28. The zero-order valence-electron chi connectivity index (χ0n) is 11.7. The fraction of sp³-hybridized carbons (Fsp3) is 0.538. The molecule has 2 aromatic rings. The van der Waals surface area contributed by atoms with Crippen LogP contribution in [0.5, 0.6) is 5.88 Å². The Balaban J connectivity index is 1.72. The van der Waals surface area contributed by atoms with E-state index in [0.717, 1.165) is 25.2 Å². The van der Waals surface area contributed by atoms with Gasteiger partial charge in [-0.2, -0.15) is 5.10 Å². The van der Waals surface area contributed by atoms with Gasteiger partial charge in [-0.05, 0) is 20.3 Å². The van der Waals surface area contributed by atoms with Gasteiger partial charge >= 0.3 is 0 Å². The summed E-state index contributed by atoms with van der Waals surface area (Å²) < 4.78 is 7.60. The van der Waals surface area contributed by atoms with E-state index < -0.39 is 0 Å². The van der Waals surface area contributed by atoms with E-state index in [4.69, 9.17) is 4.74 Å². The van der Waals surface area contributed by atoms with E-state index in [1.165, 1.54) is 0 Å². The summed E-state index contributed by atoms with van der Waals surface area (Å²) in [5, 5.41) is 7.62. The highest BCUT2D eigenvalue weighted by atomic mass is 16.5. The Labute approximate surface area is 117 Å². The van der Waals surface area contributed by atoms with Crippen molar-refractivity contribution < 1.29 is 4.74 Å². The van der Waals surface area contributed by atoms with Gasteiger partial charge in [-0.1, -0.05) is 0 Å². The number of aromatic nitrogens is 5. The van der Waals surface area contributed by atoms with Gasteiger partial charge in [0.15, 0.2) is 5.82 Å². The van der Waals surface area contributed by atoms with Crippen molar-refractivity contribution in [3.8, 4) is 5.88 Å². The van der Waals surface area contributed by atoms with Crippen LogP contribution in [0.4, 0.5) is 5.82 Å². The molecule has 1 unspecified atom stereocenters. The molecule has 2 aromatic heterocycles. The average Bonchev–Trinajstić information content (AvgIpc) is 2.88. The summed E-state index contributed by atoms with van der Waals surface area (Å²) in [7, 11) is 0. The number of fused-ring (bicyclic) bond motifs is 1. The number of hydrogen-bond acceptors (Lipinski definition) is 6. The molecule has 0 saturated carbocycles. The Morgan fingerprint density at radius 3 is 3.00 bits per heavy atom. The number of rotatable bonds is 4. The third kappa shape index (κ3) is 2.71. The zero-order valence-corrected chi connectivity index (χ0v) is 11.7. The van der Waals surface area contributed by atoms with Crippen LogP contribution in [0.2, 0.25) is 0 Å². The molecule has 0 aliphatic carbocycles. The molecule has 1 N–H and O–H groups in total. The zero-order chi connectivity index (χ0) is 13.9.